The lowest BCUT2D eigenvalue weighted by atomic mass is 10.00. The minimum Gasteiger partial charge on any atom is -0.371 e. The molecule has 2 aliphatic rings. The number of anilines is 1. The van der Waals surface area contributed by atoms with Crippen LogP contribution in [0.25, 0.3) is 0 Å². The lowest BCUT2D eigenvalue weighted by Gasteiger charge is -2.38. The molecule has 1 aromatic heterocycles. The molecule has 1 unspecified atom stereocenters. The van der Waals surface area contributed by atoms with Gasteiger partial charge in [0.15, 0.2) is 0 Å². The standard InChI is InChI=1S/C28H28Cl2N4O2/c1-33(21-10-14-34(15-11-21)22-8-12-31-13-9-22)28(36)19-3-2-18-4-7-26(23(18)16-19)32-27(35)24-17-20(29)5-6-25(24)30/h2-3,5-6,8-9,12-13,16-17,21,26H,4,7,10-11,14-15H2,1H3,(H,32,35). The van der Waals surface area contributed by atoms with E-state index in [1.165, 1.54) is 5.69 Å². The summed E-state index contributed by atoms with van der Waals surface area (Å²) in [6.07, 6.45) is 7.07. The normalized spacial score (nSPS) is 17.5. The molecule has 6 nitrogen and oxygen atoms in total. The van der Waals surface area contributed by atoms with Crippen LogP contribution in [-0.4, -0.2) is 47.9 Å². The Labute approximate surface area is 221 Å². The second kappa shape index (κ2) is 10.5. The molecule has 186 valence electrons. The molecule has 36 heavy (non-hydrogen) atoms. The van der Waals surface area contributed by atoms with Crippen LogP contribution in [0.15, 0.2) is 60.9 Å². The van der Waals surface area contributed by atoms with Gasteiger partial charge in [0.1, 0.15) is 0 Å². The van der Waals surface area contributed by atoms with Crippen molar-refractivity contribution in [1.29, 1.82) is 0 Å². The van der Waals surface area contributed by atoms with Crippen molar-refractivity contribution >= 4 is 40.7 Å². The average molecular weight is 523 g/mol. The molecule has 2 heterocycles. The van der Waals surface area contributed by atoms with Crippen LogP contribution in [0.4, 0.5) is 5.69 Å². The Balaban J connectivity index is 1.26. The Morgan fingerprint density at radius 1 is 1.00 bits per heavy atom. The van der Waals surface area contributed by atoms with Crippen molar-refractivity contribution in [3.63, 3.8) is 0 Å². The fourth-order valence-electron chi connectivity index (χ4n) is 5.23. The van der Waals surface area contributed by atoms with Crippen molar-refractivity contribution < 1.29 is 9.59 Å². The SMILES string of the molecule is CN(C(=O)c1ccc2c(c1)C(NC(=O)c1cc(Cl)ccc1Cl)CC2)C1CCN(c2ccncc2)CC1. The highest BCUT2D eigenvalue weighted by atomic mass is 35.5. The van der Waals surface area contributed by atoms with Gasteiger partial charge in [0, 0.05) is 54.8 Å². The predicted molar refractivity (Wildman–Crippen MR) is 143 cm³/mol. The lowest BCUT2D eigenvalue weighted by molar-refractivity contribution is 0.0709. The zero-order chi connectivity index (χ0) is 25.2. The molecular weight excluding hydrogens is 495 g/mol. The van der Waals surface area contributed by atoms with Crippen molar-refractivity contribution in [2.45, 2.75) is 37.8 Å². The highest BCUT2D eigenvalue weighted by molar-refractivity contribution is 6.35. The van der Waals surface area contributed by atoms with Crippen LogP contribution in [0.2, 0.25) is 10.0 Å². The summed E-state index contributed by atoms with van der Waals surface area (Å²) < 4.78 is 0. The molecular formula is C28H28Cl2N4O2. The van der Waals surface area contributed by atoms with E-state index in [1.54, 1.807) is 18.2 Å². The van der Waals surface area contributed by atoms with Crippen LogP contribution >= 0.6 is 23.2 Å². The number of fused-ring (bicyclic) bond motifs is 1. The number of rotatable bonds is 5. The molecule has 1 N–H and O–H groups in total. The van der Waals surface area contributed by atoms with Gasteiger partial charge in [-0.05, 0) is 79.3 Å². The molecule has 8 heteroatoms. The molecule has 0 radical (unpaired) electrons. The second-order valence-corrected chi connectivity index (χ2v) is 10.3. The maximum atomic E-state index is 13.4. The predicted octanol–water partition coefficient (Wildman–Crippen LogP) is 5.55. The third-order valence-electron chi connectivity index (χ3n) is 7.31. The van der Waals surface area contributed by atoms with Crippen molar-refractivity contribution in [3.8, 4) is 0 Å². The van der Waals surface area contributed by atoms with E-state index in [4.69, 9.17) is 23.2 Å². The summed E-state index contributed by atoms with van der Waals surface area (Å²) in [5.41, 5.74) is 4.32. The van der Waals surface area contributed by atoms with Gasteiger partial charge in [0.25, 0.3) is 11.8 Å². The first-order chi connectivity index (χ1) is 17.4. The summed E-state index contributed by atoms with van der Waals surface area (Å²) >= 11 is 12.3. The summed E-state index contributed by atoms with van der Waals surface area (Å²) in [4.78, 5) is 34.6. The van der Waals surface area contributed by atoms with Crippen LogP contribution < -0.4 is 10.2 Å². The summed E-state index contributed by atoms with van der Waals surface area (Å²) in [6.45, 7) is 1.80. The minimum atomic E-state index is -0.268. The van der Waals surface area contributed by atoms with E-state index in [0.717, 1.165) is 49.9 Å². The summed E-state index contributed by atoms with van der Waals surface area (Å²) in [5.74, 6) is -0.259. The Morgan fingerprint density at radius 3 is 2.50 bits per heavy atom. The van der Waals surface area contributed by atoms with Gasteiger partial charge in [-0.25, -0.2) is 0 Å². The molecule has 2 aromatic carbocycles. The first-order valence-corrected chi connectivity index (χ1v) is 13.0. The van der Waals surface area contributed by atoms with Crippen LogP contribution in [0.5, 0.6) is 0 Å². The number of amides is 2. The van der Waals surface area contributed by atoms with E-state index in [1.807, 2.05) is 54.7 Å². The molecule has 0 spiro atoms. The van der Waals surface area contributed by atoms with Crippen LogP contribution in [0.3, 0.4) is 0 Å². The first kappa shape index (κ1) is 24.6. The van der Waals surface area contributed by atoms with Crippen molar-refractivity contribution in [3.05, 3.63) is 93.2 Å². The second-order valence-electron chi connectivity index (χ2n) is 9.44. The number of nitrogens with zero attached hydrogens (tertiary/aromatic N) is 3. The highest BCUT2D eigenvalue weighted by Gasteiger charge is 2.29. The molecule has 2 amide bonds. The number of aryl methyl sites for hydroxylation is 1. The fraction of sp³-hybridized carbons (Fsp3) is 0.321. The summed E-state index contributed by atoms with van der Waals surface area (Å²) in [7, 11) is 1.89. The van der Waals surface area contributed by atoms with Crippen LogP contribution in [0, 0.1) is 0 Å². The van der Waals surface area contributed by atoms with Gasteiger partial charge in [0.2, 0.25) is 0 Å². The zero-order valence-corrected chi connectivity index (χ0v) is 21.6. The van der Waals surface area contributed by atoms with E-state index in [9.17, 15) is 9.59 Å². The maximum Gasteiger partial charge on any atom is 0.253 e. The van der Waals surface area contributed by atoms with Gasteiger partial charge in [-0.2, -0.15) is 0 Å². The molecule has 1 fully saturated rings. The Kier molecular flexibility index (Phi) is 7.17. The smallest absolute Gasteiger partial charge is 0.253 e. The van der Waals surface area contributed by atoms with Crippen molar-refractivity contribution in [2.24, 2.45) is 0 Å². The molecule has 1 atom stereocenters. The van der Waals surface area contributed by atoms with Gasteiger partial charge in [-0.1, -0.05) is 29.3 Å². The average Bonchev–Trinajstić information content (AvgIpc) is 3.31. The number of carbonyl (C=O) groups excluding carboxylic acids is 2. The van der Waals surface area contributed by atoms with Gasteiger partial charge < -0.3 is 15.1 Å². The van der Waals surface area contributed by atoms with Gasteiger partial charge >= 0.3 is 0 Å². The van der Waals surface area contributed by atoms with Crippen molar-refractivity contribution in [2.75, 3.05) is 25.0 Å². The van der Waals surface area contributed by atoms with E-state index >= 15 is 0 Å². The van der Waals surface area contributed by atoms with Gasteiger partial charge in [0.05, 0.1) is 16.6 Å². The summed E-state index contributed by atoms with van der Waals surface area (Å²) in [5, 5.41) is 3.90. The number of carbonyl (C=O) groups is 2. The number of hydrogen-bond donors (Lipinski definition) is 1. The highest BCUT2D eigenvalue weighted by Crippen LogP contribution is 2.33. The molecule has 1 aliphatic heterocycles. The van der Waals surface area contributed by atoms with E-state index in [-0.39, 0.29) is 23.9 Å². The number of pyridine rings is 1. The Morgan fingerprint density at radius 2 is 1.75 bits per heavy atom. The first-order valence-electron chi connectivity index (χ1n) is 12.2. The molecule has 3 aromatic rings. The number of aromatic nitrogens is 1. The van der Waals surface area contributed by atoms with E-state index in [0.29, 0.717) is 21.2 Å². The quantitative estimate of drug-likeness (QED) is 0.477. The maximum absolute atomic E-state index is 13.4. The van der Waals surface area contributed by atoms with Crippen molar-refractivity contribution in [1.82, 2.24) is 15.2 Å². The number of piperidine rings is 1. The third-order valence-corrected chi connectivity index (χ3v) is 7.87. The van der Waals surface area contributed by atoms with Crippen LogP contribution in [-0.2, 0) is 6.42 Å². The van der Waals surface area contributed by atoms with E-state index < -0.39 is 0 Å². The monoisotopic (exact) mass is 522 g/mol. The number of benzene rings is 2. The molecule has 0 saturated carbocycles. The zero-order valence-electron chi connectivity index (χ0n) is 20.1. The molecule has 1 saturated heterocycles. The largest absolute Gasteiger partial charge is 0.371 e. The van der Waals surface area contributed by atoms with E-state index in [2.05, 4.69) is 15.2 Å². The van der Waals surface area contributed by atoms with Gasteiger partial charge in [-0.3, -0.25) is 14.6 Å². The topological polar surface area (TPSA) is 65.5 Å². The Hall–Kier alpha value is -3.09. The van der Waals surface area contributed by atoms with Crippen LogP contribution in [0.1, 0.15) is 57.1 Å². The molecule has 0 bridgehead atoms. The summed E-state index contributed by atoms with van der Waals surface area (Å²) in [6, 6.07) is 14.8. The fourth-order valence-corrected chi connectivity index (χ4v) is 5.60. The van der Waals surface area contributed by atoms with Gasteiger partial charge in [-0.15, -0.1) is 0 Å². The lowest BCUT2D eigenvalue weighted by Crippen LogP contribution is -2.45. The third kappa shape index (κ3) is 5.06. The minimum absolute atomic E-state index is 0.00928. The number of halogens is 2. The number of nitrogens with one attached hydrogen (secondary N) is 1. The molecule has 5 rings (SSSR count). The molecule has 1 aliphatic carbocycles. The Bertz CT molecular complexity index is 1280. The number of hydrogen-bond acceptors (Lipinski definition) is 4.